The topological polar surface area (TPSA) is 67.9 Å². The summed E-state index contributed by atoms with van der Waals surface area (Å²) in [5, 5.41) is 8.98. The average molecular weight is 336 g/mol. The van der Waals surface area contributed by atoms with E-state index in [4.69, 9.17) is 16.9 Å². The Morgan fingerprint density at radius 3 is 2.87 bits per heavy atom. The lowest BCUT2D eigenvalue weighted by atomic mass is 10.0. The Morgan fingerprint density at radius 2 is 2.30 bits per heavy atom. The summed E-state index contributed by atoms with van der Waals surface area (Å²) in [5.74, 6) is -0.529. The van der Waals surface area contributed by atoms with E-state index in [0.717, 1.165) is 18.9 Å². The zero-order valence-corrected chi connectivity index (χ0v) is 13.4. The fourth-order valence-electron chi connectivity index (χ4n) is 2.81. The predicted octanol–water partition coefficient (Wildman–Crippen LogP) is 3.39. The lowest BCUT2D eigenvalue weighted by molar-refractivity contribution is 0.0600. The van der Waals surface area contributed by atoms with Crippen LogP contribution < -0.4 is 0 Å². The molecule has 0 bridgehead atoms. The van der Waals surface area contributed by atoms with Gasteiger partial charge in [0.05, 0.1) is 30.1 Å². The molecule has 1 aromatic heterocycles. The molecule has 1 aliphatic carbocycles. The molecule has 2 aromatic rings. The molecule has 0 unspecified atom stereocenters. The number of alkyl halides is 1. The number of hydrogen-bond donors (Lipinski definition) is 0. The molecule has 0 atom stereocenters. The van der Waals surface area contributed by atoms with Crippen LogP contribution in [0.5, 0.6) is 0 Å². The molecule has 3 rings (SSSR count). The van der Waals surface area contributed by atoms with Crippen LogP contribution in [0.4, 0.5) is 4.39 Å². The number of aromatic nitrogens is 2. The van der Waals surface area contributed by atoms with Gasteiger partial charge in [0.2, 0.25) is 0 Å². The fraction of sp³-hybridized carbons (Fsp3) is 0.438. The van der Waals surface area contributed by atoms with E-state index in [1.165, 1.54) is 7.11 Å². The number of hydrogen-bond acceptors (Lipinski definition) is 4. The third kappa shape index (κ3) is 2.77. The minimum Gasteiger partial charge on any atom is -0.465 e. The van der Waals surface area contributed by atoms with E-state index in [1.54, 1.807) is 6.07 Å². The first-order chi connectivity index (χ1) is 11.0. The first-order valence-corrected chi connectivity index (χ1v) is 7.77. The van der Waals surface area contributed by atoms with Gasteiger partial charge in [0.1, 0.15) is 11.3 Å². The molecule has 0 aliphatic heterocycles. The molecule has 0 amide bonds. The van der Waals surface area contributed by atoms with E-state index in [-0.39, 0.29) is 22.4 Å². The third-order valence-corrected chi connectivity index (χ3v) is 4.57. The van der Waals surface area contributed by atoms with Crippen LogP contribution in [-0.2, 0) is 17.2 Å². The molecule has 1 fully saturated rings. The molecule has 5 nitrogen and oxygen atoms in total. The summed E-state index contributed by atoms with van der Waals surface area (Å²) in [6, 6.07) is 4.89. The summed E-state index contributed by atoms with van der Waals surface area (Å²) in [6.45, 7) is 0.545. The monoisotopic (exact) mass is 335 g/mol. The molecule has 0 N–H and O–H groups in total. The minimum atomic E-state index is -0.607. The highest BCUT2D eigenvalue weighted by atomic mass is 35.5. The van der Waals surface area contributed by atoms with Gasteiger partial charge in [-0.2, -0.15) is 5.26 Å². The third-order valence-electron chi connectivity index (χ3n) is 4.33. The summed E-state index contributed by atoms with van der Waals surface area (Å²) >= 11 is 5.95. The van der Waals surface area contributed by atoms with Gasteiger partial charge in [-0.25, -0.2) is 14.2 Å². The second-order valence-corrected chi connectivity index (χ2v) is 6.17. The fourth-order valence-corrected chi connectivity index (χ4v) is 3.02. The van der Waals surface area contributed by atoms with E-state index in [1.807, 2.05) is 4.57 Å². The maximum absolute atomic E-state index is 14.3. The van der Waals surface area contributed by atoms with Crippen molar-refractivity contribution in [1.82, 2.24) is 9.55 Å². The number of carbonyl (C=O) groups is 1. The van der Waals surface area contributed by atoms with Crippen molar-refractivity contribution in [2.75, 3.05) is 7.11 Å². The van der Waals surface area contributed by atoms with Crippen LogP contribution in [0.15, 0.2) is 12.1 Å². The lowest BCUT2D eigenvalue weighted by Gasteiger charge is -2.15. The first-order valence-electron chi connectivity index (χ1n) is 7.23. The van der Waals surface area contributed by atoms with Crippen molar-refractivity contribution < 1.29 is 13.9 Å². The second kappa shape index (κ2) is 5.82. The van der Waals surface area contributed by atoms with Gasteiger partial charge in [0.25, 0.3) is 0 Å². The smallest absolute Gasteiger partial charge is 0.338 e. The van der Waals surface area contributed by atoms with E-state index in [9.17, 15) is 9.18 Å². The molecule has 1 aliphatic rings. The number of imidazole rings is 1. The number of esters is 1. The molecule has 7 heteroatoms. The number of carbonyl (C=O) groups excluding carboxylic acids is 1. The minimum absolute atomic E-state index is 0.0963. The highest BCUT2D eigenvalue weighted by Gasteiger charge is 2.43. The van der Waals surface area contributed by atoms with Gasteiger partial charge in [-0.05, 0) is 25.0 Å². The molecule has 120 valence electrons. The van der Waals surface area contributed by atoms with Crippen LogP contribution in [0.2, 0.25) is 0 Å². The van der Waals surface area contributed by atoms with Gasteiger partial charge in [0, 0.05) is 18.4 Å². The summed E-state index contributed by atoms with van der Waals surface area (Å²) in [5.41, 5.74) is 0.720. The van der Waals surface area contributed by atoms with Crippen molar-refractivity contribution in [3.8, 4) is 6.07 Å². The number of halogens is 2. The summed E-state index contributed by atoms with van der Waals surface area (Å²) < 4.78 is 20.8. The zero-order chi connectivity index (χ0) is 16.6. The van der Waals surface area contributed by atoms with E-state index in [0.29, 0.717) is 24.3 Å². The van der Waals surface area contributed by atoms with Crippen molar-refractivity contribution in [2.24, 2.45) is 5.41 Å². The quantitative estimate of drug-likeness (QED) is 0.620. The number of benzene rings is 1. The summed E-state index contributed by atoms with van der Waals surface area (Å²) in [7, 11) is 1.25. The standard InChI is InChI=1S/C16H15ClFN3O2/c1-23-15(22)10-6-11(18)14-12(7-10)21(13(8-17)20-14)9-16(2-3-16)4-5-19/h6-7H,2-4,8-9H2,1H3. The molecule has 23 heavy (non-hydrogen) atoms. The normalized spacial score (nSPS) is 15.4. The Kier molecular flexibility index (Phi) is 3.99. The van der Waals surface area contributed by atoms with Crippen molar-refractivity contribution in [1.29, 1.82) is 5.26 Å². The van der Waals surface area contributed by atoms with Crippen molar-refractivity contribution in [3.63, 3.8) is 0 Å². The Morgan fingerprint density at radius 1 is 1.57 bits per heavy atom. The molecule has 1 heterocycles. The van der Waals surface area contributed by atoms with E-state index >= 15 is 0 Å². The Balaban J connectivity index is 2.13. The molecule has 0 spiro atoms. The van der Waals surface area contributed by atoms with Gasteiger partial charge in [-0.3, -0.25) is 0 Å². The first kappa shape index (κ1) is 15.8. The molecule has 1 aromatic carbocycles. The van der Waals surface area contributed by atoms with Crippen LogP contribution in [-0.4, -0.2) is 22.6 Å². The zero-order valence-electron chi connectivity index (χ0n) is 12.6. The maximum atomic E-state index is 14.3. The number of methoxy groups -OCH3 is 1. The van der Waals surface area contributed by atoms with E-state index < -0.39 is 11.8 Å². The summed E-state index contributed by atoms with van der Waals surface area (Å²) in [6.07, 6.45) is 2.33. The Labute approximate surface area is 137 Å². The van der Waals surface area contributed by atoms with Gasteiger partial charge < -0.3 is 9.30 Å². The molecular formula is C16H15ClFN3O2. The van der Waals surface area contributed by atoms with Gasteiger partial charge >= 0.3 is 5.97 Å². The largest absolute Gasteiger partial charge is 0.465 e. The van der Waals surface area contributed by atoms with Crippen molar-refractivity contribution in [2.45, 2.75) is 31.7 Å². The SMILES string of the molecule is COC(=O)c1cc(F)c2nc(CCl)n(CC3(CC#N)CC3)c2c1. The number of nitriles is 1. The highest BCUT2D eigenvalue weighted by molar-refractivity contribution is 6.16. The summed E-state index contributed by atoms with van der Waals surface area (Å²) in [4.78, 5) is 16.0. The predicted molar refractivity (Wildman–Crippen MR) is 82.5 cm³/mol. The number of rotatable bonds is 5. The van der Waals surface area contributed by atoms with Crippen LogP contribution in [0.3, 0.4) is 0 Å². The van der Waals surface area contributed by atoms with Crippen LogP contribution >= 0.6 is 11.6 Å². The van der Waals surface area contributed by atoms with E-state index in [2.05, 4.69) is 15.8 Å². The average Bonchev–Trinajstić information content (AvgIpc) is 3.21. The van der Waals surface area contributed by atoms with Crippen molar-refractivity contribution in [3.05, 3.63) is 29.3 Å². The van der Waals surface area contributed by atoms with Gasteiger partial charge in [0.15, 0.2) is 5.82 Å². The molecule has 0 radical (unpaired) electrons. The second-order valence-electron chi connectivity index (χ2n) is 5.90. The van der Waals surface area contributed by atoms with Crippen molar-refractivity contribution >= 4 is 28.6 Å². The van der Waals surface area contributed by atoms with Crippen LogP contribution in [0.1, 0.15) is 35.4 Å². The van der Waals surface area contributed by atoms with Crippen LogP contribution in [0, 0.1) is 22.6 Å². The Hall–Kier alpha value is -2.13. The van der Waals surface area contributed by atoms with Gasteiger partial charge in [-0.1, -0.05) is 0 Å². The van der Waals surface area contributed by atoms with Gasteiger partial charge in [-0.15, -0.1) is 11.6 Å². The number of ether oxygens (including phenoxy) is 1. The Bertz CT molecular complexity index is 821. The molecule has 0 saturated heterocycles. The maximum Gasteiger partial charge on any atom is 0.338 e. The number of nitrogens with zero attached hydrogens (tertiary/aromatic N) is 3. The molecule has 1 saturated carbocycles. The number of fused-ring (bicyclic) bond motifs is 1. The highest BCUT2D eigenvalue weighted by Crippen LogP contribution is 2.50. The molecular weight excluding hydrogens is 321 g/mol. The lowest BCUT2D eigenvalue weighted by Crippen LogP contribution is -2.13. The van der Waals surface area contributed by atoms with Crippen LogP contribution in [0.25, 0.3) is 11.0 Å².